The van der Waals surface area contributed by atoms with E-state index in [2.05, 4.69) is 39.3 Å². The number of carbonyl (C=O) groups is 4. The van der Waals surface area contributed by atoms with Gasteiger partial charge in [-0.2, -0.15) is 5.10 Å². The van der Waals surface area contributed by atoms with Crippen LogP contribution in [-0.4, -0.2) is 104 Å². The molecular weight excluding hydrogens is 835 g/mol. The molecule has 1 aromatic carbocycles. The molecule has 5 atom stereocenters. The zero-order valence-electron chi connectivity index (χ0n) is 35.8. The van der Waals surface area contributed by atoms with Crippen LogP contribution in [0, 0.1) is 12.8 Å². The third kappa shape index (κ3) is 8.27. The van der Waals surface area contributed by atoms with Gasteiger partial charge in [-0.15, -0.1) is 11.3 Å². The fourth-order valence-corrected chi connectivity index (χ4v) is 10.6. The highest BCUT2D eigenvalue weighted by Crippen LogP contribution is 2.48. The normalized spacial score (nSPS) is 25.5. The van der Waals surface area contributed by atoms with Crippen molar-refractivity contribution in [2.24, 2.45) is 13.0 Å². The molecule has 8 rings (SSSR count). The molecule has 1 saturated heterocycles. The van der Waals surface area contributed by atoms with Crippen LogP contribution >= 0.6 is 11.3 Å². The Hall–Kier alpha value is -5.43. The maximum Gasteiger partial charge on any atom is 0.289 e. The van der Waals surface area contributed by atoms with E-state index in [0.717, 1.165) is 24.1 Å². The fourth-order valence-electron chi connectivity index (χ4n) is 8.33. The number of carbonyl (C=O) groups excluding carboxylic acids is 4. The van der Waals surface area contributed by atoms with Crippen LogP contribution in [0.5, 0.6) is 11.5 Å². The molecule has 0 radical (unpaired) electrons. The Labute approximate surface area is 364 Å². The number of allylic oxidation sites excluding steroid dienone is 1. The largest absolute Gasteiger partial charge is 0.496 e. The highest BCUT2D eigenvalue weighted by molar-refractivity contribution is 7.91. The predicted molar refractivity (Wildman–Crippen MR) is 231 cm³/mol. The number of aromatic nitrogens is 5. The molecule has 17 nitrogen and oxygen atoms in total. The molecule has 4 aliphatic rings. The number of methoxy groups -OCH3 is 1. The Morgan fingerprint density at radius 1 is 1.10 bits per heavy atom. The van der Waals surface area contributed by atoms with Gasteiger partial charge in [-0.25, -0.2) is 28.1 Å². The second-order valence-corrected chi connectivity index (χ2v) is 20.5. The molecule has 2 aliphatic heterocycles. The maximum atomic E-state index is 14.9. The van der Waals surface area contributed by atoms with Crippen molar-refractivity contribution in [2.45, 2.75) is 120 Å². The van der Waals surface area contributed by atoms with Crippen LogP contribution in [-0.2, 0) is 31.5 Å². The van der Waals surface area contributed by atoms with Crippen LogP contribution in [0.1, 0.15) is 106 Å². The molecule has 4 aromatic rings. The smallest absolute Gasteiger partial charge is 0.289 e. The summed E-state index contributed by atoms with van der Waals surface area (Å²) >= 11 is 1.47. The molecule has 330 valence electrons. The van der Waals surface area contributed by atoms with E-state index in [1.54, 1.807) is 21.1 Å². The van der Waals surface area contributed by atoms with Gasteiger partial charge in [-0.05, 0) is 70.4 Å². The van der Waals surface area contributed by atoms with E-state index in [9.17, 15) is 27.6 Å². The van der Waals surface area contributed by atoms with Gasteiger partial charge in [0.15, 0.2) is 0 Å². The zero-order valence-corrected chi connectivity index (χ0v) is 37.4. The van der Waals surface area contributed by atoms with Crippen LogP contribution in [0.25, 0.3) is 21.6 Å². The lowest BCUT2D eigenvalue weighted by Crippen LogP contribution is -2.58. The molecule has 0 spiro atoms. The minimum absolute atomic E-state index is 0.0199. The number of thiazole rings is 1. The van der Waals surface area contributed by atoms with Crippen LogP contribution < -0.4 is 24.8 Å². The number of pyridine rings is 1. The Morgan fingerprint density at radius 3 is 2.58 bits per heavy atom. The van der Waals surface area contributed by atoms with Crippen molar-refractivity contribution in [3.8, 4) is 22.2 Å². The summed E-state index contributed by atoms with van der Waals surface area (Å²) in [7, 11) is -0.851. The lowest BCUT2D eigenvalue weighted by atomic mass is 10.0. The van der Waals surface area contributed by atoms with Gasteiger partial charge in [0.05, 0.1) is 29.6 Å². The highest BCUT2D eigenvalue weighted by Gasteiger charge is 2.63. The van der Waals surface area contributed by atoms with Crippen molar-refractivity contribution in [3.05, 3.63) is 59.1 Å². The molecule has 0 unspecified atom stereocenters. The predicted octanol–water partition coefficient (Wildman–Crippen LogP) is 4.47. The topological polar surface area (TPSA) is 217 Å². The standard InChI is InChI=1S/C43H53N9O8S2/c1-24(2)31-22-61-39(48-31)30-19-34(28-14-15-33(59-6)25(3)35(28)46-30)60-27-18-32-37(53)49-43(41(56)50-62(57,58)42(4)16-17-42)20-26(43)12-10-8-7-9-11-13-29(40(55)52(32)21-27)47-38(54)36-44-23-45-51(36)5/h10,12,14-15,19,22-24,26-27,29,32H,7-9,11,13,16-18,20-21H2,1-6H3,(H,47,54)(H,49,53)(H,50,56)/b12-10-/t26-,27-,29+,32+,43-/m1/s1. The summed E-state index contributed by atoms with van der Waals surface area (Å²) in [4.78, 5) is 72.5. The lowest BCUT2D eigenvalue weighted by molar-refractivity contribution is -0.141. The van der Waals surface area contributed by atoms with Crippen LogP contribution in [0.2, 0.25) is 0 Å². The van der Waals surface area contributed by atoms with Gasteiger partial charge < -0.3 is 25.0 Å². The molecule has 3 aromatic heterocycles. The van der Waals surface area contributed by atoms with E-state index in [4.69, 9.17) is 19.4 Å². The number of ether oxygens (including phenoxy) is 2. The van der Waals surface area contributed by atoms with Crippen molar-refractivity contribution >= 4 is 55.9 Å². The minimum Gasteiger partial charge on any atom is -0.496 e. The number of amides is 4. The van der Waals surface area contributed by atoms with E-state index in [1.165, 1.54) is 27.2 Å². The Kier molecular flexibility index (Phi) is 11.6. The molecular formula is C43H53N9O8S2. The Bertz CT molecular complexity index is 2570. The molecule has 5 heterocycles. The number of benzene rings is 1. The van der Waals surface area contributed by atoms with E-state index < -0.39 is 68.0 Å². The monoisotopic (exact) mass is 887 g/mol. The number of hydrogen-bond acceptors (Lipinski definition) is 13. The summed E-state index contributed by atoms with van der Waals surface area (Å²) in [5, 5.41) is 13.2. The summed E-state index contributed by atoms with van der Waals surface area (Å²) in [5.41, 5.74) is 1.41. The van der Waals surface area contributed by atoms with Gasteiger partial charge in [0, 0.05) is 41.8 Å². The zero-order chi connectivity index (χ0) is 44.1. The molecule has 2 saturated carbocycles. The van der Waals surface area contributed by atoms with Crippen molar-refractivity contribution < 1.29 is 37.1 Å². The quantitative estimate of drug-likeness (QED) is 0.188. The number of fused-ring (bicyclic) bond motifs is 3. The SMILES string of the molecule is COc1ccc2c(O[C@@H]3C[C@H]4C(=O)N[C@]5(C(=O)NS(=O)(=O)C6(C)CC6)C[C@H]5/C=C\CCCCC[C@H](NC(=O)c5ncnn5C)C(=O)N4C3)cc(-c3nc(C(C)C)cs3)nc2c1C. The van der Waals surface area contributed by atoms with Crippen molar-refractivity contribution in [1.29, 1.82) is 0 Å². The van der Waals surface area contributed by atoms with E-state index >= 15 is 0 Å². The molecule has 3 N–H and O–H groups in total. The van der Waals surface area contributed by atoms with Gasteiger partial charge in [0.25, 0.3) is 11.8 Å². The average Bonchev–Trinajstić information content (AvgIpc) is 3.86. The Balaban J connectivity index is 1.15. The molecule has 3 fully saturated rings. The number of sulfonamides is 1. The van der Waals surface area contributed by atoms with E-state index in [1.807, 2.05) is 42.7 Å². The lowest BCUT2D eigenvalue weighted by Gasteiger charge is -2.30. The van der Waals surface area contributed by atoms with Gasteiger partial charge in [0.2, 0.25) is 27.7 Å². The van der Waals surface area contributed by atoms with Gasteiger partial charge in [0.1, 0.15) is 52.3 Å². The first-order valence-electron chi connectivity index (χ1n) is 21.2. The van der Waals surface area contributed by atoms with Crippen molar-refractivity contribution in [2.75, 3.05) is 13.7 Å². The molecule has 4 amide bonds. The summed E-state index contributed by atoms with van der Waals surface area (Å²) in [6.07, 6.45) is 8.49. The molecule has 0 bridgehead atoms. The third-order valence-electron chi connectivity index (χ3n) is 12.7. The minimum atomic E-state index is -4.02. The number of hydrogen-bond donors (Lipinski definition) is 3. The molecule has 2 aliphatic carbocycles. The van der Waals surface area contributed by atoms with Gasteiger partial charge >= 0.3 is 0 Å². The first kappa shape index (κ1) is 43.2. The van der Waals surface area contributed by atoms with Crippen LogP contribution in [0.3, 0.4) is 0 Å². The van der Waals surface area contributed by atoms with Crippen molar-refractivity contribution in [3.63, 3.8) is 0 Å². The molecule has 62 heavy (non-hydrogen) atoms. The second-order valence-electron chi connectivity index (χ2n) is 17.5. The number of nitrogens with zero attached hydrogens (tertiary/aromatic N) is 6. The van der Waals surface area contributed by atoms with Crippen LogP contribution in [0.4, 0.5) is 0 Å². The number of aryl methyl sites for hydroxylation is 2. The number of nitrogens with one attached hydrogen (secondary N) is 3. The maximum absolute atomic E-state index is 14.9. The van der Waals surface area contributed by atoms with Gasteiger partial charge in [-0.1, -0.05) is 38.8 Å². The van der Waals surface area contributed by atoms with E-state index in [-0.39, 0.29) is 31.1 Å². The van der Waals surface area contributed by atoms with Crippen LogP contribution in [0.15, 0.2) is 42.1 Å². The second kappa shape index (κ2) is 16.7. The summed E-state index contributed by atoms with van der Waals surface area (Å²) in [6.45, 7) is 7.61. The van der Waals surface area contributed by atoms with E-state index in [0.29, 0.717) is 65.2 Å². The first-order chi connectivity index (χ1) is 29.5. The third-order valence-corrected chi connectivity index (χ3v) is 15.7. The number of rotatable bonds is 10. The first-order valence-corrected chi connectivity index (χ1v) is 23.5. The Morgan fingerprint density at radius 2 is 1.89 bits per heavy atom. The summed E-state index contributed by atoms with van der Waals surface area (Å²) in [5.74, 6) is -1.66. The highest BCUT2D eigenvalue weighted by atomic mass is 32.2. The average molecular weight is 888 g/mol. The summed E-state index contributed by atoms with van der Waals surface area (Å²) in [6, 6.07) is 3.33. The van der Waals surface area contributed by atoms with Crippen molar-refractivity contribution in [1.82, 2.24) is 45.0 Å². The molecule has 19 heteroatoms. The van der Waals surface area contributed by atoms with Gasteiger partial charge in [-0.3, -0.25) is 23.9 Å². The fraction of sp³-hybridized carbons (Fsp3) is 0.535. The summed E-state index contributed by atoms with van der Waals surface area (Å²) < 4.78 is 41.6.